The summed E-state index contributed by atoms with van der Waals surface area (Å²) in [6, 6.07) is 0.281. The second kappa shape index (κ2) is 21.5. The van der Waals surface area contributed by atoms with Crippen molar-refractivity contribution in [3.8, 4) is 0 Å². The molecule has 1 aromatic rings. The molecule has 7 amide bonds. The highest BCUT2D eigenvalue weighted by atomic mass is 32.1. The molecule has 0 saturated heterocycles. The van der Waals surface area contributed by atoms with Crippen molar-refractivity contribution >= 4 is 59.9 Å². The Kier molecular flexibility index (Phi) is 18.7. The van der Waals surface area contributed by atoms with E-state index < -0.39 is 102 Å². The fourth-order valence-corrected chi connectivity index (χ4v) is 4.82. The number of primary amides is 1. The van der Waals surface area contributed by atoms with Gasteiger partial charge in [0.15, 0.2) is 0 Å². The second-order valence-electron chi connectivity index (χ2n) is 13.0. The molecule has 1 rings (SSSR count). The lowest BCUT2D eigenvalue weighted by Gasteiger charge is -2.28. The number of carbonyl (C=O) groups excluding carboxylic acids is 7. The third kappa shape index (κ3) is 15.8. The molecule has 7 atom stereocenters. The van der Waals surface area contributed by atoms with E-state index in [-0.39, 0.29) is 24.5 Å². The monoisotopic (exact) mass is 736 g/mol. The van der Waals surface area contributed by atoms with Crippen LogP contribution in [0, 0.1) is 11.8 Å². The van der Waals surface area contributed by atoms with Gasteiger partial charge in [0.05, 0.1) is 12.5 Å². The molecule has 17 nitrogen and oxygen atoms in total. The number of rotatable bonds is 21. The van der Waals surface area contributed by atoms with Crippen molar-refractivity contribution in [2.24, 2.45) is 23.3 Å². The zero-order valence-electron chi connectivity index (χ0n) is 29.7. The van der Waals surface area contributed by atoms with Gasteiger partial charge in [0.1, 0.15) is 36.3 Å². The highest BCUT2D eigenvalue weighted by molar-refractivity contribution is 7.80. The lowest BCUT2D eigenvalue weighted by Crippen LogP contribution is -2.60. The molecule has 0 radical (unpaired) electrons. The minimum Gasteiger partial charge on any atom is -0.480 e. The van der Waals surface area contributed by atoms with Crippen LogP contribution in [0.2, 0.25) is 0 Å². The van der Waals surface area contributed by atoms with E-state index in [1.165, 1.54) is 13.8 Å². The maximum Gasteiger partial charge on any atom is 0.326 e. The first-order chi connectivity index (χ1) is 23.8. The van der Waals surface area contributed by atoms with Gasteiger partial charge in [-0.25, -0.2) is 4.79 Å². The maximum absolute atomic E-state index is 13.6. The average Bonchev–Trinajstić information content (AvgIpc) is 3.05. The molecule has 11 N–H and O–H groups in total. The fourth-order valence-electron chi connectivity index (χ4n) is 4.66. The lowest BCUT2D eigenvalue weighted by atomic mass is 10.00. The molecule has 51 heavy (non-hydrogen) atoms. The van der Waals surface area contributed by atoms with Crippen molar-refractivity contribution in [3.63, 3.8) is 0 Å². The van der Waals surface area contributed by atoms with Gasteiger partial charge in [-0.15, -0.1) is 0 Å². The van der Waals surface area contributed by atoms with E-state index in [1.807, 2.05) is 13.8 Å². The van der Waals surface area contributed by atoms with Crippen molar-refractivity contribution in [2.45, 2.75) is 103 Å². The van der Waals surface area contributed by atoms with Crippen LogP contribution < -0.4 is 43.4 Å². The number of carbonyl (C=O) groups is 8. The first kappa shape index (κ1) is 44.3. The SMILES string of the molecule is CC(C)C[C@H](NC(=O)[C@H](C)NC(=O)[C@@H](N)CS)C(=O)N[C@@H](C)C(=O)N[C@@H](Cc1ccccc1)C(=O)N[C@H](C(=O)N[C@@H](CC(N)=O)C(=O)O)C(C)C. The number of nitrogens with two attached hydrogens (primary N) is 2. The van der Waals surface area contributed by atoms with E-state index in [2.05, 4.69) is 44.5 Å². The fraction of sp³-hybridized carbons (Fsp3) is 0.576. The maximum atomic E-state index is 13.6. The lowest BCUT2D eigenvalue weighted by molar-refractivity contribution is -0.144. The van der Waals surface area contributed by atoms with Gasteiger partial charge in [0.2, 0.25) is 41.4 Å². The first-order valence-corrected chi connectivity index (χ1v) is 17.1. The number of hydrogen-bond donors (Lipinski definition) is 10. The Morgan fingerprint density at radius 3 is 1.63 bits per heavy atom. The Bertz CT molecular complexity index is 1400. The smallest absolute Gasteiger partial charge is 0.326 e. The summed E-state index contributed by atoms with van der Waals surface area (Å²) in [5.74, 6) is -7.34. The first-order valence-electron chi connectivity index (χ1n) is 16.5. The van der Waals surface area contributed by atoms with Crippen LogP contribution in [0.3, 0.4) is 0 Å². The zero-order valence-corrected chi connectivity index (χ0v) is 30.6. The Balaban J connectivity index is 3.15. The number of carboxylic acids is 1. The third-order valence-electron chi connectivity index (χ3n) is 7.56. The summed E-state index contributed by atoms with van der Waals surface area (Å²) in [6.07, 6.45) is -0.487. The van der Waals surface area contributed by atoms with E-state index in [1.54, 1.807) is 44.2 Å². The van der Waals surface area contributed by atoms with Crippen molar-refractivity contribution in [1.82, 2.24) is 31.9 Å². The standard InChI is InChI=1S/C33H52N8O9S/c1-16(2)12-22(38-27(43)18(5)36-29(45)21(34)15-51)30(46)37-19(6)28(44)39-23(13-20-10-8-7-9-11-20)31(47)41-26(17(3)4)32(48)40-24(33(49)50)14-25(35)42/h7-11,16-19,21-24,26,51H,12-15,34H2,1-6H3,(H2,35,42)(H,36,45)(H,37,46)(H,38,43)(H,39,44)(H,40,48)(H,41,47)(H,49,50)/t18-,19-,21-,22-,23-,24-,26-/m0/s1. The van der Waals surface area contributed by atoms with Gasteiger partial charge < -0.3 is 48.5 Å². The molecule has 0 unspecified atom stereocenters. The highest BCUT2D eigenvalue weighted by Crippen LogP contribution is 2.09. The number of amides is 7. The van der Waals surface area contributed by atoms with Gasteiger partial charge in [-0.1, -0.05) is 58.0 Å². The average molecular weight is 737 g/mol. The van der Waals surface area contributed by atoms with E-state index >= 15 is 0 Å². The van der Waals surface area contributed by atoms with Crippen LogP contribution in [-0.4, -0.2) is 100 Å². The highest BCUT2D eigenvalue weighted by Gasteiger charge is 2.33. The van der Waals surface area contributed by atoms with Gasteiger partial charge in [-0.2, -0.15) is 12.6 Å². The normalized spacial score (nSPS) is 15.2. The molecule has 0 bridgehead atoms. The number of aliphatic carboxylic acids is 1. The zero-order chi connectivity index (χ0) is 39.0. The van der Waals surface area contributed by atoms with Gasteiger partial charge >= 0.3 is 5.97 Å². The van der Waals surface area contributed by atoms with Crippen molar-refractivity contribution in [1.29, 1.82) is 0 Å². The van der Waals surface area contributed by atoms with Crippen LogP contribution >= 0.6 is 12.6 Å². The molecule has 0 saturated carbocycles. The Morgan fingerprint density at radius 2 is 1.16 bits per heavy atom. The molecule has 284 valence electrons. The third-order valence-corrected chi connectivity index (χ3v) is 7.95. The second-order valence-corrected chi connectivity index (χ2v) is 13.4. The van der Waals surface area contributed by atoms with Gasteiger partial charge in [0, 0.05) is 12.2 Å². The number of thiol groups is 1. The molecule has 1 aromatic carbocycles. The van der Waals surface area contributed by atoms with Crippen LogP contribution in [0.15, 0.2) is 30.3 Å². The van der Waals surface area contributed by atoms with Gasteiger partial charge in [-0.3, -0.25) is 33.6 Å². The Morgan fingerprint density at radius 1 is 0.667 bits per heavy atom. The van der Waals surface area contributed by atoms with Crippen LogP contribution in [0.5, 0.6) is 0 Å². The van der Waals surface area contributed by atoms with E-state index in [0.29, 0.717) is 5.56 Å². The summed E-state index contributed by atoms with van der Waals surface area (Å²) >= 11 is 3.97. The van der Waals surface area contributed by atoms with Crippen LogP contribution in [-0.2, 0) is 44.8 Å². The van der Waals surface area contributed by atoms with Crippen molar-refractivity contribution in [2.75, 3.05) is 5.75 Å². The van der Waals surface area contributed by atoms with Crippen molar-refractivity contribution in [3.05, 3.63) is 35.9 Å². The molecule has 0 heterocycles. The Hall–Kier alpha value is -4.71. The molecule has 0 aliphatic heterocycles. The van der Waals surface area contributed by atoms with Crippen molar-refractivity contribution < 1.29 is 43.5 Å². The molecule has 18 heteroatoms. The predicted octanol–water partition coefficient (Wildman–Crippen LogP) is -1.90. The van der Waals surface area contributed by atoms with Crippen LogP contribution in [0.1, 0.15) is 59.9 Å². The molecular formula is C33H52N8O9S. The van der Waals surface area contributed by atoms with Gasteiger partial charge in [-0.05, 0) is 37.7 Å². The molecule has 0 fully saturated rings. The topological polar surface area (TPSA) is 281 Å². The van der Waals surface area contributed by atoms with Crippen LogP contribution in [0.4, 0.5) is 0 Å². The molecule has 0 aliphatic carbocycles. The Labute approximate surface area is 303 Å². The summed E-state index contributed by atoms with van der Waals surface area (Å²) < 4.78 is 0. The number of nitrogens with one attached hydrogen (secondary N) is 6. The predicted molar refractivity (Wildman–Crippen MR) is 191 cm³/mol. The number of benzene rings is 1. The minimum absolute atomic E-state index is 0.0164. The molecule has 0 aliphatic rings. The summed E-state index contributed by atoms with van der Waals surface area (Å²) in [5, 5.41) is 24.4. The summed E-state index contributed by atoms with van der Waals surface area (Å²) in [4.78, 5) is 101. The van der Waals surface area contributed by atoms with E-state index in [0.717, 1.165) is 0 Å². The van der Waals surface area contributed by atoms with E-state index in [4.69, 9.17) is 11.5 Å². The number of hydrogen-bond acceptors (Lipinski definition) is 10. The molecule has 0 aromatic heterocycles. The van der Waals surface area contributed by atoms with E-state index in [9.17, 15) is 43.5 Å². The summed E-state index contributed by atoms with van der Waals surface area (Å²) in [5.41, 5.74) is 11.4. The van der Waals surface area contributed by atoms with Crippen LogP contribution in [0.25, 0.3) is 0 Å². The molecule has 0 spiro atoms. The summed E-state index contributed by atoms with van der Waals surface area (Å²) in [7, 11) is 0. The summed E-state index contributed by atoms with van der Waals surface area (Å²) in [6.45, 7) is 9.68. The molecular weight excluding hydrogens is 684 g/mol. The minimum atomic E-state index is -1.62. The largest absolute Gasteiger partial charge is 0.480 e. The number of carboxylic acid groups (broad SMARTS) is 1. The quantitative estimate of drug-likeness (QED) is 0.0626. The van der Waals surface area contributed by atoms with Gasteiger partial charge in [0.25, 0.3) is 0 Å².